The standard InChI is InChI=1S/C13H16N2/c1-3-5-11-6-4-7-12(8-11)13-9-14-10-15(13)2/h4,6-10H,3,5H2,1-2H3. The topological polar surface area (TPSA) is 17.8 Å². The second kappa shape index (κ2) is 4.30. The minimum absolute atomic E-state index is 1.14. The van der Waals surface area contributed by atoms with Gasteiger partial charge in [0, 0.05) is 12.6 Å². The molecular weight excluding hydrogens is 184 g/mol. The molecule has 0 aliphatic rings. The van der Waals surface area contributed by atoms with Crippen LogP contribution in [0.5, 0.6) is 0 Å². The molecule has 0 radical (unpaired) electrons. The van der Waals surface area contributed by atoms with Gasteiger partial charge in [-0.25, -0.2) is 4.98 Å². The Hall–Kier alpha value is -1.57. The molecule has 78 valence electrons. The highest BCUT2D eigenvalue weighted by atomic mass is 15.0. The maximum atomic E-state index is 4.14. The summed E-state index contributed by atoms with van der Waals surface area (Å²) in [5.41, 5.74) is 3.82. The van der Waals surface area contributed by atoms with Gasteiger partial charge in [-0.1, -0.05) is 31.5 Å². The molecule has 2 heteroatoms. The molecule has 0 saturated heterocycles. The molecule has 0 N–H and O–H groups in total. The molecule has 0 atom stereocenters. The average molecular weight is 200 g/mol. The van der Waals surface area contributed by atoms with E-state index in [2.05, 4.69) is 36.2 Å². The van der Waals surface area contributed by atoms with Crippen LogP contribution in [0.15, 0.2) is 36.8 Å². The average Bonchev–Trinajstić information content (AvgIpc) is 2.65. The SMILES string of the molecule is CCCc1cccc(-c2cncn2C)c1. The van der Waals surface area contributed by atoms with Gasteiger partial charge >= 0.3 is 0 Å². The van der Waals surface area contributed by atoms with Crippen molar-refractivity contribution in [1.29, 1.82) is 0 Å². The van der Waals surface area contributed by atoms with E-state index < -0.39 is 0 Å². The van der Waals surface area contributed by atoms with E-state index in [9.17, 15) is 0 Å². The summed E-state index contributed by atoms with van der Waals surface area (Å²) in [7, 11) is 2.02. The number of hydrogen-bond acceptors (Lipinski definition) is 1. The predicted octanol–water partition coefficient (Wildman–Crippen LogP) is 3.04. The Morgan fingerprint density at radius 1 is 1.33 bits per heavy atom. The predicted molar refractivity (Wildman–Crippen MR) is 62.6 cm³/mol. The Bertz CT molecular complexity index is 443. The van der Waals surface area contributed by atoms with Crippen LogP contribution in [0.2, 0.25) is 0 Å². The maximum Gasteiger partial charge on any atom is 0.0948 e. The fourth-order valence-corrected chi connectivity index (χ4v) is 1.81. The van der Waals surface area contributed by atoms with Crippen LogP contribution in [0.25, 0.3) is 11.3 Å². The highest BCUT2D eigenvalue weighted by Crippen LogP contribution is 2.19. The molecule has 2 nitrogen and oxygen atoms in total. The van der Waals surface area contributed by atoms with Crippen LogP contribution in [0.4, 0.5) is 0 Å². The first-order chi connectivity index (χ1) is 7.31. The lowest BCUT2D eigenvalue weighted by Crippen LogP contribution is -1.90. The lowest BCUT2D eigenvalue weighted by molar-refractivity contribution is 0.912. The molecule has 0 unspecified atom stereocenters. The highest BCUT2D eigenvalue weighted by molar-refractivity contribution is 5.59. The zero-order chi connectivity index (χ0) is 10.7. The number of nitrogens with zero attached hydrogens (tertiary/aromatic N) is 2. The molecule has 2 rings (SSSR count). The third-order valence-electron chi connectivity index (χ3n) is 2.58. The van der Waals surface area contributed by atoms with Crippen LogP contribution in [0.1, 0.15) is 18.9 Å². The number of aryl methyl sites for hydroxylation is 2. The summed E-state index contributed by atoms with van der Waals surface area (Å²) in [5, 5.41) is 0. The van der Waals surface area contributed by atoms with E-state index >= 15 is 0 Å². The van der Waals surface area contributed by atoms with Crippen molar-refractivity contribution in [3.05, 3.63) is 42.4 Å². The van der Waals surface area contributed by atoms with Crippen molar-refractivity contribution in [2.45, 2.75) is 19.8 Å². The molecule has 0 aliphatic heterocycles. The molecule has 0 amide bonds. The van der Waals surface area contributed by atoms with Crippen molar-refractivity contribution < 1.29 is 0 Å². The van der Waals surface area contributed by atoms with Gasteiger partial charge in [0.05, 0.1) is 18.2 Å². The third-order valence-corrected chi connectivity index (χ3v) is 2.58. The third kappa shape index (κ3) is 2.09. The van der Waals surface area contributed by atoms with Crippen LogP contribution in [0.3, 0.4) is 0 Å². The quantitative estimate of drug-likeness (QED) is 0.744. The van der Waals surface area contributed by atoms with E-state index in [-0.39, 0.29) is 0 Å². The number of hydrogen-bond donors (Lipinski definition) is 0. The van der Waals surface area contributed by atoms with Crippen LogP contribution in [-0.4, -0.2) is 9.55 Å². The Balaban J connectivity index is 2.37. The van der Waals surface area contributed by atoms with E-state index in [1.165, 1.54) is 23.2 Å². The molecule has 0 fully saturated rings. The van der Waals surface area contributed by atoms with E-state index in [0.29, 0.717) is 0 Å². The van der Waals surface area contributed by atoms with Gasteiger partial charge in [-0.2, -0.15) is 0 Å². The fraction of sp³-hybridized carbons (Fsp3) is 0.308. The van der Waals surface area contributed by atoms with Crippen LogP contribution in [0, 0.1) is 0 Å². The van der Waals surface area contributed by atoms with Gasteiger partial charge < -0.3 is 4.57 Å². The van der Waals surface area contributed by atoms with Crippen molar-refractivity contribution in [3.63, 3.8) is 0 Å². The van der Waals surface area contributed by atoms with E-state index in [1.54, 1.807) is 0 Å². The maximum absolute atomic E-state index is 4.14. The molecular formula is C13H16N2. The van der Waals surface area contributed by atoms with Crippen molar-refractivity contribution in [2.24, 2.45) is 7.05 Å². The molecule has 0 bridgehead atoms. The second-order valence-corrected chi connectivity index (χ2v) is 3.84. The lowest BCUT2D eigenvalue weighted by atomic mass is 10.1. The van der Waals surface area contributed by atoms with Crippen molar-refractivity contribution in [2.75, 3.05) is 0 Å². The lowest BCUT2D eigenvalue weighted by Gasteiger charge is -2.04. The van der Waals surface area contributed by atoms with Crippen molar-refractivity contribution in [3.8, 4) is 11.3 Å². The van der Waals surface area contributed by atoms with E-state index in [0.717, 1.165) is 6.42 Å². The minimum Gasteiger partial charge on any atom is -0.334 e. The van der Waals surface area contributed by atoms with Crippen LogP contribution < -0.4 is 0 Å². The number of aromatic nitrogens is 2. The first-order valence-electron chi connectivity index (χ1n) is 5.37. The zero-order valence-corrected chi connectivity index (χ0v) is 9.27. The summed E-state index contributed by atoms with van der Waals surface area (Å²) in [6.07, 6.45) is 6.08. The Kier molecular flexibility index (Phi) is 2.86. The molecule has 0 aliphatic carbocycles. The summed E-state index contributed by atoms with van der Waals surface area (Å²) in [6, 6.07) is 8.69. The first kappa shape index (κ1) is 9.97. The highest BCUT2D eigenvalue weighted by Gasteiger charge is 2.02. The van der Waals surface area contributed by atoms with E-state index in [4.69, 9.17) is 0 Å². The number of benzene rings is 1. The summed E-state index contributed by atoms with van der Waals surface area (Å²) < 4.78 is 2.05. The Morgan fingerprint density at radius 2 is 2.20 bits per heavy atom. The number of rotatable bonds is 3. The second-order valence-electron chi connectivity index (χ2n) is 3.84. The molecule has 15 heavy (non-hydrogen) atoms. The minimum atomic E-state index is 1.14. The van der Waals surface area contributed by atoms with Crippen molar-refractivity contribution in [1.82, 2.24) is 9.55 Å². The summed E-state index contributed by atoms with van der Waals surface area (Å²) in [5.74, 6) is 0. The molecule has 0 saturated carbocycles. The van der Waals surface area contributed by atoms with Crippen LogP contribution >= 0.6 is 0 Å². The van der Waals surface area contributed by atoms with Gasteiger partial charge in [0.25, 0.3) is 0 Å². The molecule has 2 aromatic rings. The van der Waals surface area contributed by atoms with Gasteiger partial charge in [0.15, 0.2) is 0 Å². The smallest absolute Gasteiger partial charge is 0.0948 e. The summed E-state index contributed by atoms with van der Waals surface area (Å²) in [4.78, 5) is 4.14. The normalized spacial score (nSPS) is 10.5. The fourth-order valence-electron chi connectivity index (χ4n) is 1.81. The molecule has 1 aromatic heterocycles. The van der Waals surface area contributed by atoms with Gasteiger partial charge in [-0.05, 0) is 18.1 Å². The van der Waals surface area contributed by atoms with Gasteiger partial charge in [-0.15, -0.1) is 0 Å². The Morgan fingerprint density at radius 3 is 2.87 bits per heavy atom. The van der Waals surface area contributed by atoms with Crippen molar-refractivity contribution >= 4 is 0 Å². The summed E-state index contributed by atoms with van der Waals surface area (Å²) >= 11 is 0. The first-order valence-corrected chi connectivity index (χ1v) is 5.37. The Labute approximate surface area is 90.6 Å². The zero-order valence-electron chi connectivity index (χ0n) is 9.27. The molecule has 1 heterocycles. The largest absolute Gasteiger partial charge is 0.334 e. The monoisotopic (exact) mass is 200 g/mol. The van der Waals surface area contributed by atoms with Gasteiger partial charge in [0.1, 0.15) is 0 Å². The van der Waals surface area contributed by atoms with Gasteiger partial charge in [-0.3, -0.25) is 0 Å². The molecule has 0 spiro atoms. The molecule has 1 aromatic carbocycles. The summed E-state index contributed by atoms with van der Waals surface area (Å²) in [6.45, 7) is 2.21. The number of imidazole rings is 1. The van der Waals surface area contributed by atoms with Gasteiger partial charge in [0.2, 0.25) is 0 Å². The van der Waals surface area contributed by atoms with Crippen LogP contribution in [-0.2, 0) is 13.5 Å². The van der Waals surface area contributed by atoms with E-state index in [1.807, 2.05) is 24.1 Å².